The molecule has 1 heterocycles. The van der Waals surface area contributed by atoms with Crippen LogP contribution < -0.4 is 5.32 Å². The van der Waals surface area contributed by atoms with E-state index in [0.29, 0.717) is 0 Å². The first-order chi connectivity index (χ1) is 7.83. The van der Waals surface area contributed by atoms with E-state index in [0.717, 1.165) is 38.2 Å². The minimum absolute atomic E-state index is 0.775. The molecule has 1 aromatic heterocycles. The summed E-state index contributed by atoms with van der Waals surface area (Å²) in [5.74, 6) is 0. The molecule has 4 heteroatoms. The highest BCUT2D eigenvalue weighted by atomic mass is 16.5. The predicted octanol–water partition coefficient (Wildman–Crippen LogP) is 1.14. The van der Waals surface area contributed by atoms with Gasteiger partial charge < -0.3 is 10.1 Å². The van der Waals surface area contributed by atoms with Gasteiger partial charge in [-0.05, 0) is 19.0 Å². The number of rotatable bonds is 8. The van der Waals surface area contributed by atoms with Crippen molar-refractivity contribution in [1.82, 2.24) is 15.1 Å². The molecule has 4 nitrogen and oxygen atoms in total. The molecule has 0 aliphatic carbocycles. The molecule has 90 valence electrons. The summed E-state index contributed by atoms with van der Waals surface area (Å²) in [7, 11) is 3.65. The number of hydrogen-bond acceptors (Lipinski definition) is 3. The third kappa shape index (κ3) is 5.68. The molecule has 0 spiro atoms. The molecule has 0 amide bonds. The van der Waals surface area contributed by atoms with Crippen LogP contribution >= 0.6 is 0 Å². The minimum atomic E-state index is 0.775. The predicted molar refractivity (Wildman–Crippen MR) is 65.4 cm³/mol. The molecule has 1 N–H and O–H groups in total. The first-order valence-corrected chi connectivity index (χ1v) is 5.66. The van der Waals surface area contributed by atoms with Gasteiger partial charge in [0.15, 0.2) is 0 Å². The van der Waals surface area contributed by atoms with Gasteiger partial charge in [-0.3, -0.25) is 4.68 Å². The van der Waals surface area contributed by atoms with Crippen molar-refractivity contribution in [2.75, 3.05) is 26.8 Å². The van der Waals surface area contributed by atoms with Crippen LogP contribution in [0.15, 0.2) is 24.4 Å². The van der Waals surface area contributed by atoms with Gasteiger partial charge in [0.05, 0.1) is 12.3 Å². The lowest BCUT2D eigenvalue weighted by atomic mass is 10.2. The van der Waals surface area contributed by atoms with Crippen LogP contribution in [0.1, 0.15) is 12.1 Å². The van der Waals surface area contributed by atoms with Gasteiger partial charge in [0.1, 0.15) is 0 Å². The normalized spacial score (nSPS) is 11.4. The van der Waals surface area contributed by atoms with E-state index in [9.17, 15) is 0 Å². The Kier molecular flexibility index (Phi) is 6.53. The lowest BCUT2D eigenvalue weighted by Crippen LogP contribution is -2.19. The van der Waals surface area contributed by atoms with Crippen molar-refractivity contribution in [3.63, 3.8) is 0 Å². The van der Waals surface area contributed by atoms with Crippen molar-refractivity contribution in [3.8, 4) is 0 Å². The van der Waals surface area contributed by atoms with Crippen LogP contribution in [0.2, 0.25) is 0 Å². The standard InChI is InChI=1S/C12H21N3O/c1-15-10-7-12(14-15)6-4-3-5-8-13-9-11-16-2/h3-4,7,10,13H,5-6,8-9,11H2,1-2H3/b4-3+. The Labute approximate surface area is 97.3 Å². The molecule has 1 rings (SSSR count). The molecule has 0 unspecified atom stereocenters. The lowest BCUT2D eigenvalue weighted by Gasteiger charge is -2.00. The molecule has 16 heavy (non-hydrogen) atoms. The molecular formula is C12H21N3O. The van der Waals surface area contributed by atoms with Crippen molar-refractivity contribution in [2.24, 2.45) is 7.05 Å². The van der Waals surface area contributed by atoms with Crippen molar-refractivity contribution in [2.45, 2.75) is 12.8 Å². The number of nitrogens with zero attached hydrogens (tertiary/aromatic N) is 2. The summed E-state index contributed by atoms with van der Waals surface area (Å²) in [6, 6.07) is 2.04. The molecular weight excluding hydrogens is 202 g/mol. The maximum atomic E-state index is 4.94. The van der Waals surface area contributed by atoms with Crippen LogP contribution in [0.5, 0.6) is 0 Å². The summed E-state index contributed by atoms with van der Waals surface area (Å²) in [6.07, 6.45) is 8.29. The van der Waals surface area contributed by atoms with Crippen LogP contribution in [-0.2, 0) is 18.2 Å². The summed E-state index contributed by atoms with van der Waals surface area (Å²) in [4.78, 5) is 0. The van der Waals surface area contributed by atoms with Crippen LogP contribution in [0.4, 0.5) is 0 Å². The maximum Gasteiger partial charge on any atom is 0.0662 e. The summed E-state index contributed by atoms with van der Waals surface area (Å²) in [5, 5.41) is 7.60. The van der Waals surface area contributed by atoms with Gasteiger partial charge in [-0.25, -0.2) is 0 Å². The van der Waals surface area contributed by atoms with Crippen LogP contribution in [-0.4, -0.2) is 36.6 Å². The molecule has 0 saturated carbocycles. The highest BCUT2D eigenvalue weighted by Crippen LogP contribution is 1.96. The van der Waals surface area contributed by atoms with Gasteiger partial charge in [-0.15, -0.1) is 0 Å². The zero-order valence-corrected chi connectivity index (χ0v) is 10.1. The quantitative estimate of drug-likeness (QED) is 0.531. The largest absolute Gasteiger partial charge is 0.383 e. The second-order valence-electron chi connectivity index (χ2n) is 3.69. The Bertz CT molecular complexity index is 307. The van der Waals surface area contributed by atoms with Gasteiger partial charge in [0.2, 0.25) is 0 Å². The number of aromatic nitrogens is 2. The van der Waals surface area contributed by atoms with E-state index in [-0.39, 0.29) is 0 Å². The van der Waals surface area contributed by atoms with Gasteiger partial charge >= 0.3 is 0 Å². The SMILES string of the molecule is COCCNCC/C=C/Cc1ccn(C)n1. The van der Waals surface area contributed by atoms with Gasteiger partial charge in [0.25, 0.3) is 0 Å². The van der Waals surface area contributed by atoms with E-state index in [4.69, 9.17) is 4.74 Å². The Morgan fingerprint density at radius 1 is 1.44 bits per heavy atom. The lowest BCUT2D eigenvalue weighted by molar-refractivity contribution is 0.199. The topological polar surface area (TPSA) is 39.1 Å². The Morgan fingerprint density at radius 3 is 3.00 bits per heavy atom. The average molecular weight is 223 g/mol. The fraction of sp³-hybridized carbons (Fsp3) is 0.583. The first kappa shape index (κ1) is 12.9. The molecule has 0 aliphatic heterocycles. The van der Waals surface area contributed by atoms with Crippen LogP contribution in [0.3, 0.4) is 0 Å². The fourth-order valence-corrected chi connectivity index (χ4v) is 1.38. The van der Waals surface area contributed by atoms with Crippen molar-refractivity contribution in [1.29, 1.82) is 0 Å². The fourth-order valence-electron chi connectivity index (χ4n) is 1.38. The Morgan fingerprint density at radius 2 is 2.31 bits per heavy atom. The van der Waals surface area contributed by atoms with Gasteiger partial charge in [-0.1, -0.05) is 12.2 Å². The third-order valence-corrected chi connectivity index (χ3v) is 2.23. The molecule has 0 atom stereocenters. The van der Waals surface area contributed by atoms with Crippen LogP contribution in [0.25, 0.3) is 0 Å². The third-order valence-electron chi connectivity index (χ3n) is 2.23. The highest BCUT2D eigenvalue weighted by molar-refractivity contribution is 5.04. The van der Waals surface area contributed by atoms with Crippen molar-refractivity contribution >= 4 is 0 Å². The highest BCUT2D eigenvalue weighted by Gasteiger charge is 1.91. The molecule has 0 radical (unpaired) electrons. The zero-order chi connectivity index (χ0) is 11.6. The minimum Gasteiger partial charge on any atom is -0.383 e. The number of methoxy groups -OCH3 is 1. The summed E-state index contributed by atoms with van der Waals surface area (Å²) < 4.78 is 6.77. The molecule has 0 saturated heterocycles. The average Bonchev–Trinajstić information content (AvgIpc) is 2.68. The van der Waals surface area contributed by atoms with E-state index >= 15 is 0 Å². The first-order valence-electron chi connectivity index (χ1n) is 5.66. The number of hydrogen-bond donors (Lipinski definition) is 1. The van der Waals surface area contributed by atoms with E-state index < -0.39 is 0 Å². The molecule has 0 aromatic carbocycles. The van der Waals surface area contributed by atoms with Crippen molar-refractivity contribution in [3.05, 3.63) is 30.1 Å². The molecule has 1 aromatic rings. The molecule has 0 bridgehead atoms. The second kappa shape index (κ2) is 8.07. The van der Waals surface area contributed by atoms with E-state index in [1.54, 1.807) is 7.11 Å². The van der Waals surface area contributed by atoms with Crippen LogP contribution in [0, 0.1) is 0 Å². The summed E-state index contributed by atoms with van der Waals surface area (Å²) in [6.45, 7) is 2.70. The Balaban J connectivity index is 2.00. The molecule has 0 fully saturated rings. The summed E-state index contributed by atoms with van der Waals surface area (Å²) >= 11 is 0. The monoisotopic (exact) mass is 223 g/mol. The van der Waals surface area contributed by atoms with Gasteiger partial charge in [-0.2, -0.15) is 5.10 Å². The summed E-state index contributed by atoms with van der Waals surface area (Å²) in [5.41, 5.74) is 1.12. The Hall–Kier alpha value is -1.13. The van der Waals surface area contributed by atoms with E-state index in [2.05, 4.69) is 22.6 Å². The number of ether oxygens (including phenoxy) is 1. The smallest absolute Gasteiger partial charge is 0.0662 e. The number of aryl methyl sites for hydroxylation is 1. The van der Waals surface area contributed by atoms with Crippen molar-refractivity contribution < 1.29 is 4.74 Å². The van der Waals surface area contributed by atoms with E-state index in [1.807, 2.05) is 24.0 Å². The number of allylic oxidation sites excluding steroid dienone is 1. The van der Waals surface area contributed by atoms with Gasteiger partial charge in [0, 0.05) is 33.3 Å². The second-order valence-corrected chi connectivity index (χ2v) is 3.69. The number of nitrogens with one attached hydrogen (secondary N) is 1. The van der Waals surface area contributed by atoms with E-state index in [1.165, 1.54) is 0 Å². The maximum absolute atomic E-state index is 4.94. The zero-order valence-electron chi connectivity index (χ0n) is 10.1. The molecule has 0 aliphatic rings.